The summed E-state index contributed by atoms with van der Waals surface area (Å²) in [7, 11) is 0. The number of imidazole rings is 1. The van der Waals surface area contributed by atoms with Crippen LogP contribution in [0.15, 0.2) is 53.1 Å². The molecule has 0 amide bonds. The van der Waals surface area contributed by atoms with Gasteiger partial charge in [0, 0.05) is 27.6 Å². The molecular weight excluding hydrogens is 400 g/mol. The number of rotatable bonds is 2. The van der Waals surface area contributed by atoms with E-state index in [1.54, 1.807) is 10.6 Å². The van der Waals surface area contributed by atoms with Gasteiger partial charge in [-0.25, -0.2) is 9.50 Å². The SMILES string of the molecule is O=[N+]([O-])c1ccc2c(c1)[nH]c1nc3nc(-c4ccc(Br)cc4)cn3nc12. The van der Waals surface area contributed by atoms with Gasteiger partial charge in [0.1, 0.15) is 5.52 Å². The van der Waals surface area contributed by atoms with Crippen LogP contribution in [0.4, 0.5) is 5.69 Å². The molecule has 0 saturated heterocycles. The van der Waals surface area contributed by atoms with Crippen molar-refractivity contribution in [2.75, 3.05) is 0 Å². The van der Waals surface area contributed by atoms with Crippen LogP contribution in [-0.4, -0.2) is 29.5 Å². The Morgan fingerprint density at radius 1 is 1.12 bits per heavy atom. The molecule has 126 valence electrons. The molecule has 0 unspecified atom stereocenters. The van der Waals surface area contributed by atoms with Crippen molar-refractivity contribution in [3.05, 3.63) is 63.2 Å². The van der Waals surface area contributed by atoms with E-state index >= 15 is 0 Å². The summed E-state index contributed by atoms with van der Waals surface area (Å²) in [6.45, 7) is 0. The highest BCUT2D eigenvalue weighted by Gasteiger charge is 2.14. The molecule has 5 aromatic rings. The zero-order valence-electron chi connectivity index (χ0n) is 13.0. The van der Waals surface area contributed by atoms with Crippen LogP contribution in [0.3, 0.4) is 0 Å². The Morgan fingerprint density at radius 3 is 2.69 bits per heavy atom. The lowest BCUT2D eigenvalue weighted by Gasteiger charge is -1.94. The fraction of sp³-hybridized carbons (Fsp3) is 0. The standard InChI is InChI=1S/C17H9BrN6O2/c18-10-3-1-9(2-4-10)14-8-23-17(20-14)21-16-15(22-23)12-6-5-11(24(25)26)7-13(12)19-16/h1-8H,(H,19,20,21). The Hall–Kier alpha value is -3.33. The van der Waals surface area contributed by atoms with Gasteiger partial charge in [0.2, 0.25) is 0 Å². The number of hydrogen-bond donors (Lipinski definition) is 1. The second-order valence-corrected chi connectivity index (χ2v) is 6.71. The van der Waals surface area contributed by atoms with Crippen LogP contribution in [0.25, 0.3) is 39.1 Å². The van der Waals surface area contributed by atoms with Crippen LogP contribution in [0.1, 0.15) is 0 Å². The molecule has 0 aliphatic rings. The monoisotopic (exact) mass is 408 g/mol. The number of aromatic nitrogens is 5. The maximum Gasteiger partial charge on any atom is 0.271 e. The number of aromatic amines is 1. The fourth-order valence-corrected chi connectivity index (χ4v) is 3.20. The largest absolute Gasteiger partial charge is 0.337 e. The zero-order chi connectivity index (χ0) is 17.8. The Kier molecular flexibility index (Phi) is 3.07. The average Bonchev–Trinajstić information content (AvgIpc) is 3.19. The molecular formula is C17H9BrN6O2. The van der Waals surface area contributed by atoms with E-state index in [1.165, 1.54) is 12.1 Å². The molecule has 5 rings (SSSR count). The minimum absolute atomic E-state index is 0.0198. The number of halogens is 1. The Labute approximate surface area is 153 Å². The minimum atomic E-state index is -0.427. The normalized spacial score (nSPS) is 11.6. The lowest BCUT2D eigenvalue weighted by molar-refractivity contribution is -0.384. The summed E-state index contributed by atoms with van der Waals surface area (Å²) < 4.78 is 2.61. The summed E-state index contributed by atoms with van der Waals surface area (Å²) in [6, 6.07) is 12.4. The lowest BCUT2D eigenvalue weighted by Crippen LogP contribution is -1.93. The van der Waals surface area contributed by atoms with Crippen LogP contribution in [0.2, 0.25) is 0 Å². The van der Waals surface area contributed by atoms with E-state index < -0.39 is 4.92 Å². The summed E-state index contributed by atoms with van der Waals surface area (Å²) in [5.74, 6) is 0.455. The molecule has 0 saturated carbocycles. The zero-order valence-corrected chi connectivity index (χ0v) is 14.6. The molecule has 8 nitrogen and oxygen atoms in total. The lowest BCUT2D eigenvalue weighted by atomic mass is 10.2. The third-order valence-electron chi connectivity index (χ3n) is 4.18. The predicted octanol–water partition coefficient (Wildman–Crippen LogP) is 4.10. The third-order valence-corrected chi connectivity index (χ3v) is 4.70. The number of fused-ring (bicyclic) bond motifs is 4. The molecule has 2 aromatic carbocycles. The maximum absolute atomic E-state index is 10.9. The molecule has 0 atom stereocenters. The average molecular weight is 409 g/mol. The van der Waals surface area contributed by atoms with Crippen molar-refractivity contribution in [2.45, 2.75) is 0 Å². The Balaban J connectivity index is 1.71. The third kappa shape index (κ3) is 2.25. The smallest absolute Gasteiger partial charge is 0.271 e. The van der Waals surface area contributed by atoms with Gasteiger partial charge >= 0.3 is 0 Å². The highest BCUT2D eigenvalue weighted by atomic mass is 79.9. The van der Waals surface area contributed by atoms with Crippen molar-refractivity contribution in [3.63, 3.8) is 0 Å². The molecule has 3 aromatic heterocycles. The molecule has 0 aliphatic carbocycles. The number of hydrogen-bond acceptors (Lipinski definition) is 5. The number of nitro benzene ring substituents is 1. The first-order chi connectivity index (χ1) is 12.6. The van der Waals surface area contributed by atoms with E-state index in [2.05, 4.69) is 36.0 Å². The van der Waals surface area contributed by atoms with Crippen LogP contribution in [0, 0.1) is 10.1 Å². The van der Waals surface area contributed by atoms with Crippen LogP contribution in [-0.2, 0) is 0 Å². The molecule has 0 aliphatic heterocycles. The minimum Gasteiger partial charge on any atom is -0.337 e. The van der Waals surface area contributed by atoms with Crippen molar-refractivity contribution in [1.29, 1.82) is 0 Å². The first-order valence-electron chi connectivity index (χ1n) is 7.68. The second-order valence-electron chi connectivity index (χ2n) is 5.80. The van der Waals surface area contributed by atoms with E-state index in [0.717, 1.165) is 21.1 Å². The highest BCUT2D eigenvalue weighted by Crippen LogP contribution is 2.27. The Morgan fingerprint density at radius 2 is 1.92 bits per heavy atom. The van der Waals surface area contributed by atoms with E-state index in [4.69, 9.17) is 0 Å². The number of nitrogens with zero attached hydrogens (tertiary/aromatic N) is 5. The van der Waals surface area contributed by atoms with Gasteiger partial charge in [-0.15, -0.1) is 0 Å². The number of nitrogens with one attached hydrogen (secondary N) is 1. The van der Waals surface area contributed by atoms with Crippen molar-refractivity contribution < 1.29 is 4.92 Å². The van der Waals surface area contributed by atoms with Crippen molar-refractivity contribution in [3.8, 4) is 11.3 Å². The molecule has 26 heavy (non-hydrogen) atoms. The summed E-state index contributed by atoms with van der Waals surface area (Å²) in [5.41, 5.74) is 3.56. The van der Waals surface area contributed by atoms with Gasteiger partial charge in [-0.05, 0) is 18.2 Å². The van der Waals surface area contributed by atoms with Gasteiger partial charge in [0.25, 0.3) is 11.5 Å². The van der Waals surface area contributed by atoms with Crippen LogP contribution in [0.5, 0.6) is 0 Å². The van der Waals surface area contributed by atoms with E-state index in [1.807, 2.05) is 30.5 Å². The van der Waals surface area contributed by atoms with Crippen molar-refractivity contribution in [1.82, 2.24) is 24.6 Å². The van der Waals surface area contributed by atoms with Crippen LogP contribution < -0.4 is 0 Å². The first-order valence-corrected chi connectivity index (χ1v) is 8.47. The van der Waals surface area contributed by atoms with Gasteiger partial charge in [-0.3, -0.25) is 10.1 Å². The molecule has 3 heterocycles. The number of non-ortho nitro benzene ring substituents is 1. The summed E-state index contributed by atoms with van der Waals surface area (Å²) >= 11 is 3.42. The van der Waals surface area contributed by atoms with Crippen LogP contribution >= 0.6 is 15.9 Å². The van der Waals surface area contributed by atoms with Gasteiger partial charge in [-0.1, -0.05) is 28.1 Å². The van der Waals surface area contributed by atoms with Gasteiger partial charge in [0.15, 0.2) is 5.65 Å². The molecule has 1 N–H and O–H groups in total. The number of nitro groups is 1. The Bertz CT molecular complexity index is 1320. The van der Waals surface area contributed by atoms with E-state index in [9.17, 15) is 10.1 Å². The number of H-pyrrole nitrogens is 1. The second kappa shape index (κ2) is 5.33. The summed E-state index contributed by atoms with van der Waals surface area (Å²) in [6.07, 6.45) is 1.81. The summed E-state index contributed by atoms with van der Waals surface area (Å²) in [5, 5.41) is 16.3. The fourth-order valence-electron chi connectivity index (χ4n) is 2.93. The molecule has 9 heteroatoms. The molecule has 0 fully saturated rings. The predicted molar refractivity (Wildman–Crippen MR) is 99.9 cm³/mol. The quantitative estimate of drug-likeness (QED) is 0.349. The van der Waals surface area contributed by atoms with E-state index in [-0.39, 0.29) is 5.69 Å². The van der Waals surface area contributed by atoms with Gasteiger partial charge < -0.3 is 4.98 Å². The van der Waals surface area contributed by atoms with Crippen molar-refractivity contribution in [2.24, 2.45) is 0 Å². The molecule has 0 radical (unpaired) electrons. The molecule has 0 bridgehead atoms. The first kappa shape index (κ1) is 15.0. The van der Waals surface area contributed by atoms with Gasteiger partial charge in [0.05, 0.1) is 22.3 Å². The topological polar surface area (TPSA) is 102 Å². The van der Waals surface area contributed by atoms with Gasteiger partial charge in [-0.2, -0.15) is 10.1 Å². The molecule has 0 spiro atoms. The van der Waals surface area contributed by atoms with E-state index in [0.29, 0.717) is 22.5 Å². The highest BCUT2D eigenvalue weighted by molar-refractivity contribution is 9.10. The number of benzene rings is 2. The van der Waals surface area contributed by atoms with Crippen molar-refractivity contribution >= 4 is 49.5 Å². The maximum atomic E-state index is 10.9. The summed E-state index contributed by atoms with van der Waals surface area (Å²) in [4.78, 5) is 22.6.